The predicted molar refractivity (Wildman–Crippen MR) is 138 cm³/mol. The lowest BCUT2D eigenvalue weighted by atomic mass is 10.0. The molecule has 3 rings (SSSR count). The van der Waals surface area contributed by atoms with Gasteiger partial charge in [-0.15, -0.1) is 11.6 Å². The summed E-state index contributed by atoms with van der Waals surface area (Å²) in [4.78, 5) is 24.8. The first kappa shape index (κ1) is 25.6. The lowest BCUT2D eigenvalue weighted by molar-refractivity contribution is -0.111. The topological polar surface area (TPSA) is 100 Å². The average molecular weight is 510 g/mol. The first-order valence-electron chi connectivity index (χ1n) is 10.3. The first-order valence-corrected chi connectivity index (χ1v) is 11.2. The van der Waals surface area contributed by atoms with E-state index in [1.165, 1.54) is 44.6 Å². The van der Waals surface area contributed by atoms with Crippen LogP contribution >= 0.6 is 23.2 Å². The molecule has 7 nitrogen and oxygen atoms in total. The van der Waals surface area contributed by atoms with E-state index < -0.39 is 11.8 Å². The quantitative estimate of drug-likeness (QED) is 0.291. The SMILES string of the molecule is COc1ccc(Cl)c(-c2cccc(NC(=O)c3ccc(NC(=O)C=CCCl)c(C#N)c3)c2)c1OC. The van der Waals surface area contributed by atoms with Gasteiger partial charge in [-0.25, -0.2) is 0 Å². The summed E-state index contributed by atoms with van der Waals surface area (Å²) < 4.78 is 10.9. The van der Waals surface area contributed by atoms with Gasteiger partial charge in [0.25, 0.3) is 5.91 Å². The van der Waals surface area contributed by atoms with Gasteiger partial charge in [0, 0.05) is 28.8 Å². The minimum atomic E-state index is -0.428. The van der Waals surface area contributed by atoms with E-state index in [1.807, 2.05) is 12.1 Å². The molecule has 0 aliphatic heterocycles. The van der Waals surface area contributed by atoms with E-state index in [-0.39, 0.29) is 22.7 Å². The fourth-order valence-electron chi connectivity index (χ4n) is 3.34. The maximum atomic E-state index is 12.9. The van der Waals surface area contributed by atoms with Gasteiger partial charge in [-0.1, -0.05) is 29.8 Å². The molecule has 0 radical (unpaired) electrons. The van der Waals surface area contributed by atoms with Crippen molar-refractivity contribution < 1.29 is 19.1 Å². The smallest absolute Gasteiger partial charge is 0.255 e. The van der Waals surface area contributed by atoms with Crippen LogP contribution < -0.4 is 20.1 Å². The van der Waals surface area contributed by atoms with Gasteiger partial charge in [0.1, 0.15) is 6.07 Å². The second kappa shape index (κ2) is 11.9. The minimum Gasteiger partial charge on any atom is -0.493 e. The summed E-state index contributed by atoms with van der Waals surface area (Å²) in [6.45, 7) is 0. The highest BCUT2D eigenvalue weighted by Crippen LogP contribution is 2.43. The Morgan fingerprint density at radius 3 is 2.54 bits per heavy atom. The molecular formula is C26H21Cl2N3O4. The number of nitrogens with one attached hydrogen (secondary N) is 2. The van der Waals surface area contributed by atoms with Crippen LogP contribution in [-0.4, -0.2) is 31.9 Å². The van der Waals surface area contributed by atoms with Crippen molar-refractivity contribution in [3.8, 4) is 28.7 Å². The van der Waals surface area contributed by atoms with Gasteiger partial charge in [-0.3, -0.25) is 9.59 Å². The fraction of sp³-hybridized carbons (Fsp3) is 0.115. The van der Waals surface area contributed by atoms with Crippen molar-refractivity contribution in [1.29, 1.82) is 5.26 Å². The Labute approximate surface area is 212 Å². The Morgan fingerprint density at radius 1 is 1.06 bits per heavy atom. The van der Waals surface area contributed by atoms with E-state index in [4.69, 9.17) is 32.7 Å². The molecule has 0 bridgehead atoms. The number of nitriles is 1. The number of hydrogen-bond donors (Lipinski definition) is 2. The molecule has 0 spiro atoms. The van der Waals surface area contributed by atoms with Crippen molar-refractivity contribution in [2.45, 2.75) is 0 Å². The number of alkyl halides is 1. The summed E-state index contributed by atoms with van der Waals surface area (Å²) in [5.74, 6) is 0.330. The number of carbonyl (C=O) groups excluding carboxylic acids is 2. The minimum absolute atomic E-state index is 0.145. The molecule has 0 unspecified atom stereocenters. The summed E-state index contributed by atoms with van der Waals surface area (Å²) in [6, 6.07) is 16.9. The predicted octanol–water partition coefficient (Wildman–Crippen LogP) is 5.88. The highest BCUT2D eigenvalue weighted by molar-refractivity contribution is 6.33. The summed E-state index contributed by atoms with van der Waals surface area (Å²) in [5.41, 5.74) is 2.53. The molecule has 35 heavy (non-hydrogen) atoms. The molecule has 0 fully saturated rings. The zero-order chi connectivity index (χ0) is 25.4. The van der Waals surface area contributed by atoms with E-state index >= 15 is 0 Å². The van der Waals surface area contributed by atoms with E-state index in [2.05, 4.69) is 10.6 Å². The van der Waals surface area contributed by atoms with Crippen molar-refractivity contribution in [2.24, 2.45) is 0 Å². The standard InChI is InChI=1S/C26H21Cl2N3O4/c1-34-22-11-9-20(28)24(25(22)35-2)16-5-3-6-19(14-16)30-26(33)17-8-10-21(18(13-17)15-29)31-23(32)7-4-12-27/h3-11,13-14H,12H2,1-2H3,(H,30,33)(H,31,32). The fourth-order valence-corrected chi connectivity index (χ4v) is 3.69. The number of halogens is 2. The Kier molecular flexibility index (Phi) is 8.74. The van der Waals surface area contributed by atoms with Gasteiger partial charge in [-0.2, -0.15) is 5.26 Å². The van der Waals surface area contributed by atoms with Gasteiger partial charge in [0.15, 0.2) is 11.5 Å². The number of anilines is 2. The monoisotopic (exact) mass is 509 g/mol. The molecule has 9 heteroatoms. The average Bonchev–Trinajstić information content (AvgIpc) is 2.87. The van der Waals surface area contributed by atoms with Crippen LogP contribution in [0.3, 0.4) is 0 Å². The Bertz CT molecular complexity index is 1330. The summed E-state index contributed by atoms with van der Waals surface area (Å²) >= 11 is 12.0. The number of carbonyl (C=O) groups is 2. The van der Waals surface area contributed by atoms with Crippen LogP contribution in [0.25, 0.3) is 11.1 Å². The second-order valence-corrected chi connectivity index (χ2v) is 7.83. The van der Waals surface area contributed by atoms with Crippen LogP contribution in [-0.2, 0) is 4.79 Å². The molecule has 3 aromatic carbocycles. The zero-order valence-electron chi connectivity index (χ0n) is 18.9. The number of hydrogen-bond acceptors (Lipinski definition) is 5. The maximum absolute atomic E-state index is 12.9. The molecule has 0 aromatic heterocycles. The van der Waals surface area contributed by atoms with E-state index in [0.717, 1.165) is 0 Å². The summed E-state index contributed by atoms with van der Waals surface area (Å²) in [6.07, 6.45) is 2.75. The maximum Gasteiger partial charge on any atom is 0.255 e. The third-order valence-corrected chi connectivity index (χ3v) is 5.42. The Hall–Kier alpha value is -3.99. The summed E-state index contributed by atoms with van der Waals surface area (Å²) in [5, 5.41) is 15.3. The molecule has 178 valence electrons. The van der Waals surface area contributed by atoms with Gasteiger partial charge in [-0.05, 0) is 48.0 Å². The van der Waals surface area contributed by atoms with Gasteiger partial charge >= 0.3 is 0 Å². The third kappa shape index (κ3) is 6.12. The van der Waals surface area contributed by atoms with Crippen LogP contribution in [0.1, 0.15) is 15.9 Å². The molecule has 0 heterocycles. The Morgan fingerprint density at radius 2 is 1.86 bits per heavy atom. The number of methoxy groups -OCH3 is 2. The van der Waals surface area contributed by atoms with Gasteiger partial charge < -0.3 is 20.1 Å². The molecule has 0 saturated carbocycles. The number of ether oxygens (including phenoxy) is 2. The number of rotatable bonds is 8. The van der Waals surface area contributed by atoms with Crippen molar-refractivity contribution in [1.82, 2.24) is 0 Å². The van der Waals surface area contributed by atoms with Crippen molar-refractivity contribution >= 4 is 46.4 Å². The molecule has 3 aromatic rings. The van der Waals surface area contributed by atoms with E-state index in [0.29, 0.717) is 33.3 Å². The second-order valence-electron chi connectivity index (χ2n) is 7.11. The van der Waals surface area contributed by atoms with Crippen molar-refractivity contribution in [3.05, 3.63) is 82.9 Å². The van der Waals surface area contributed by atoms with Crippen LogP contribution in [0.2, 0.25) is 5.02 Å². The molecule has 0 aliphatic carbocycles. The van der Waals surface area contributed by atoms with Crippen LogP contribution in [0.5, 0.6) is 11.5 Å². The molecule has 2 N–H and O–H groups in total. The molecule has 2 amide bonds. The van der Waals surface area contributed by atoms with Crippen molar-refractivity contribution in [3.63, 3.8) is 0 Å². The van der Waals surface area contributed by atoms with Crippen LogP contribution in [0, 0.1) is 11.3 Å². The number of nitrogens with zero attached hydrogens (tertiary/aromatic N) is 1. The highest BCUT2D eigenvalue weighted by atomic mass is 35.5. The zero-order valence-corrected chi connectivity index (χ0v) is 20.4. The third-order valence-electron chi connectivity index (χ3n) is 4.92. The molecule has 0 atom stereocenters. The molecule has 0 saturated heterocycles. The number of benzene rings is 3. The Balaban J connectivity index is 1.86. The largest absolute Gasteiger partial charge is 0.493 e. The first-order chi connectivity index (χ1) is 16.9. The van der Waals surface area contributed by atoms with Crippen LogP contribution in [0.15, 0.2) is 66.7 Å². The van der Waals surface area contributed by atoms with Crippen molar-refractivity contribution in [2.75, 3.05) is 30.7 Å². The summed E-state index contributed by atoms with van der Waals surface area (Å²) in [7, 11) is 3.06. The normalized spacial score (nSPS) is 10.5. The molecule has 0 aliphatic rings. The van der Waals surface area contributed by atoms with E-state index in [9.17, 15) is 14.9 Å². The van der Waals surface area contributed by atoms with Crippen LogP contribution in [0.4, 0.5) is 11.4 Å². The lowest BCUT2D eigenvalue weighted by Gasteiger charge is -2.15. The highest BCUT2D eigenvalue weighted by Gasteiger charge is 2.17. The van der Waals surface area contributed by atoms with Gasteiger partial charge in [0.2, 0.25) is 5.91 Å². The van der Waals surface area contributed by atoms with E-state index in [1.54, 1.807) is 30.3 Å². The molecular weight excluding hydrogens is 489 g/mol. The number of allylic oxidation sites excluding steroid dienone is 1. The lowest BCUT2D eigenvalue weighted by Crippen LogP contribution is -2.14. The van der Waals surface area contributed by atoms with Gasteiger partial charge in [0.05, 0.1) is 30.5 Å². The number of amides is 2.